The highest BCUT2D eigenvalue weighted by Crippen LogP contribution is 2.39. The molecule has 22 heavy (non-hydrogen) atoms. The molecule has 0 aliphatic heterocycles. The molecule has 3 heteroatoms. The molecule has 0 aromatic heterocycles. The van der Waals surface area contributed by atoms with E-state index in [0.29, 0.717) is 5.02 Å². The minimum Gasteiger partial charge on any atom is -0.192 e. The van der Waals surface area contributed by atoms with Crippen LogP contribution in [0.1, 0.15) is 16.7 Å². The number of fused-ring (bicyclic) bond motifs is 1. The SMILES string of the molecule is N#CC(C#N)=C1/C(=C/c2ccc(Cl)cc2)Cc2ccccc21. The highest BCUT2D eigenvalue weighted by molar-refractivity contribution is 6.30. The van der Waals surface area contributed by atoms with Crippen molar-refractivity contribution in [2.45, 2.75) is 6.42 Å². The molecule has 1 aliphatic rings. The van der Waals surface area contributed by atoms with Crippen LogP contribution in [0.4, 0.5) is 0 Å². The Morgan fingerprint density at radius 1 is 1.00 bits per heavy atom. The summed E-state index contributed by atoms with van der Waals surface area (Å²) in [6.45, 7) is 0. The van der Waals surface area contributed by atoms with E-state index in [9.17, 15) is 10.5 Å². The standard InChI is InChI=1S/C19H11ClN2/c20-17-7-5-13(6-8-17)9-15-10-14-3-1-2-4-18(14)19(15)16(11-21)12-22/h1-9H,10H2/b15-9+. The van der Waals surface area contributed by atoms with Gasteiger partial charge in [-0.05, 0) is 40.8 Å². The van der Waals surface area contributed by atoms with Crippen LogP contribution in [0.15, 0.2) is 59.7 Å². The summed E-state index contributed by atoms with van der Waals surface area (Å²) < 4.78 is 0. The third-order valence-corrected chi connectivity index (χ3v) is 3.93. The van der Waals surface area contributed by atoms with Crippen molar-refractivity contribution in [3.8, 4) is 12.1 Å². The number of hydrogen-bond donors (Lipinski definition) is 0. The lowest BCUT2D eigenvalue weighted by atomic mass is 9.98. The van der Waals surface area contributed by atoms with Gasteiger partial charge in [-0.15, -0.1) is 0 Å². The second kappa shape index (κ2) is 5.90. The average molecular weight is 303 g/mol. The summed E-state index contributed by atoms with van der Waals surface area (Å²) in [5.74, 6) is 0. The quantitative estimate of drug-likeness (QED) is 0.712. The predicted octanol–water partition coefficient (Wildman–Crippen LogP) is 4.78. The molecule has 0 fully saturated rings. The van der Waals surface area contributed by atoms with Gasteiger partial charge in [0.2, 0.25) is 0 Å². The van der Waals surface area contributed by atoms with Gasteiger partial charge < -0.3 is 0 Å². The topological polar surface area (TPSA) is 47.6 Å². The number of benzene rings is 2. The molecular formula is C19H11ClN2. The Balaban J connectivity index is 2.17. The van der Waals surface area contributed by atoms with E-state index in [1.54, 1.807) is 0 Å². The van der Waals surface area contributed by atoms with Gasteiger partial charge in [0.25, 0.3) is 0 Å². The Kier molecular flexibility index (Phi) is 3.79. The molecule has 0 spiro atoms. The van der Waals surface area contributed by atoms with Crippen LogP contribution >= 0.6 is 11.6 Å². The number of allylic oxidation sites excluding steroid dienone is 3. The molecule has 0 saturated heterocycles. The van der Waals surface area contributed by atoms with Gasteiger partial charge >= 0.3 is 0 Å². The molecule has 0 bridgehead atoms. The van der Waals surface area contributed by atoms with Gasteiger partial charge in [0.05, 0.1) is 0 Å². The molecule has 2 nitrogen and oxygen atoms in total. The second-order valence-corrected chi connectivity index (χ2v) is 5.47. The van der Waals surface area contributed by atoms with E-state index in [1.807, 2.05) is 66.7 Å². The smallest absolute Gasteiger partial charge is 0.137 e. The molecule has 2 aromatic rings. The van der Waals surface area contributed by atoms with E-state index in [2.05, 4.69) is 0 Å². The number of rotatable bonds is 1. The average Bonchev–Trinajstić information content (AvgIpc) is 2.89. The molecule has 0 saturated carbocycles. The molecule has 0 atom stereocenters. The summed E-state index contributed by atoms with van der Waals surface area (Å²) >= 11 is 5.91. The molecule has 3 rings (SSSR count). The zero-order valence-corrected chi connectivity index (χ0v) is 12.4. The van der Waals surface area contributed by atoms with Gasteiger partial charge in [-0.1, -0.05) is 54.1 Å². The van der Waals surface area contributed by atoms with Crippen LogP contribution in [0.5, 0.6) is 0 Å². The lowest BCUT2D eigenvalue weighted by Gasteiger charge is -2.03. The summed E-state index contributed by atoms with van der Waals surface area (Å²) in [6, 6.07) is 19.4. The predicted molar refractivity (Wildman–Crippen MR) is 87.7 cm³/mol. The lowest BCUT2D eigenvalue weighted by Crippen LogP contribution is -1.87. The Labute approximate surface area is 134 Å². The summed E-state index contributed by atoms with van der Waals surface area (Å²) in [5, 5.41) is 19.2. The minimum atomic E-state index is 0.158. The highest BCUT2D eigenvalue weighted by Gasteiger charge is 2.24. The number of hydrogen-bond acceptors (Lipinski definition) is 2. The molecule has 0 amide bonds. The van der Waals surface area contributed by atoms with Crippen LogP contribution in [0.3, 0.4) is 0 Å². The van der Waals surface area contributed by atoms with Crippen LogP contribution in [0.25, 0.3) is 11.6 Å². The van der Waals surface area contributed by atoms with Crippen LogP contribution in [-0.4, -0.2) is 0 Å². The van der Waals surface area contributed by atoms with Crippen molar-refractivity contribution < 1.29 is 0 Å². The van der Waals surface area contributed by atoms with Crippen LogP contribution in [0.2, 0.25) is 5.02 Å². The van der Waals surface area contributed by atoms with Gasteiger partial charge in [-0.25, -0.2) is 0 Å². The molecule has 1 aliphatic carbocycles. The summed E-state index contributed by atoms with van der Waals surface area (Å²) in [4.78, 5) is 0. The third kappa shape index (κ3) is 2.53. The van der Waals surface area contributed by atoms with Crippen molar-refractivity contribution in [1.82, 2.24) is 0 Å². The number of halogens is 1. The van der Waals surface area contributed by atoms with Gasteiger partial charge in [0, 0.05) is 10.6 Å². The van der Waals surface area contributed by atoms with Crippen LogP contribution in [0, 0.1) is 22.7 Å². The fourth-order valence-corrected chi connectivity index (χ4v) is 2.83. The van der Waals surface area contributed by atoms with E-state index < -0.39 is 0 Å². The first-order valence-corrected chi connectivity index (χ1v) is 7.20. The monoisotopic (exact) mass is 302 g/mol. The Morgan fingerprint density at radius 3 is 2.36 bits per heavy atom. The fourth-order valence-electron chi connectivity index (χ4n) is 2.70. The minimum absolute atomic E-state index is 0.158. The van der Waals surface area contributed by atoms with Gasteiger partial charge in [0.15, 0.2) is 0 Å². The molecule has 104 valence electrons. The van der Waals surface area contributed by atoms with Gasteiger partial charge in [-0.2, -0.15) is 10.5 Å². The largest absolute Gasteiger partial charge is 0.192 e. The zero-order valence-electron chi connectivity index (χ0n) is 11.7. The van der Waals surface area contributed by atoms with Crippen molar-refractivity contribution in [3.05, 3.63) is 81.4 Å². The maximum atomic E-state index is 9.26. The maximum absolute atomic E-state index is 9.26. The lowest BCUT2D eigenvalue weighted by molar-refractivity contribution is 1.28. The van der Waals surface area contributed by atoms with E-state index in [4.69, 9.17) is 11.6 Å². The van der Waals surface area contributed by atoms with E-state index >= 15 is 0 Å². The van der Waals surface area contributed by atoms with Crippen molar-refractivity contribution in [3.63, 3.8) is 0 Å². The molecule has 2 aromatic carbocycles. The zero-order chi connectivity index (χ0) is 15.5. The Morgan fingerprint density at radius 2 is 1.68 bits per heavy atom. The highest BCUT2D eigenvalue weighted by atomic mass is 35.5. The van der Waals surface area contributed by atoms with E-state index in [0.717, 1.165) is 34.3 Å². The number of nitrogens with zero attached hydrogens (tertiary/aromatic N) is 2. The fraction of sp³-hybridized carbons (Fsp3) is 0.0526. The Bertz CT molecular complexity index is 859. The first-order valence-electron chi connectivity index (χ1n) is 6.82. The Hall–Kier alpha value is -2.81. The summed E-state index contributed by atoms with van der Waals surface area (Å²) in [6.07, 6.45) is 2.74. The van der Waals surface area contributed by atoms with Gasteiger partial charge in [0.1, 0.15) is 17.7 Å². The van der Waals surface area contributed by atoms with Gasteiger partial charge in [-0.3, -0.25) is 0 Å². The van der Waals surface area contributed by atoms with Crippen LogP contribution in [-0.2, 0) is 6.42 Å². The molecule has 0 unspecified atom stereocenters. The maximum Gasteiger partial charge on any atom is 0.137 e. The molecule has 0 heterocycles. The third-order valence-electron chi connectivity index (χ3n) is 3.67. The van der Waals surface area contributed by atoms with E-state index in [1.165, 1.54) is 0 Å². The molecule has 0 N–H and O–H groups in total. The molecule has 0 radical (unpaired) electrons. The summed E-state index contributed by atoms with van der Waals surface area (Å²) in [5.41, 5.74) is 5.00. The van der Waals surface area contributed by atoms with Crippen molar-refractivity contribution in [2.24, 2.45) is 0 Å². The number of nitriles is 2. The second-order valence-electron chi connectivity index (χ2n) is 5.03. The van der Waals surface area contributed by atoms with Crippen molar-refractivity contribution >= 4 is 23.3 Å². The van der Waals surface area contributed by atoms with Crippen LogP contribution < -0.4 is 0 Å². The first-order chi connectivity index (χ1) is 10.7. The van der Waals surface area contributed by atoms with Crippen molar-refractivity contribution in [1.29, 1.82) is 10.5 Å². The normalized spacial score (nSPS) is 14.3. The van der Waals surface area contributed by atoms with Crippen molar-refractivity contribution in [2.75, 3.05) is 0 Å². The first kappa shape index (κ1) is 14.1. The summed E-state index contributed by atoms with van der Waals surface area (Å²) in [7, 11) is 0. The van der Waals surface area contributed by atoms with E-state index in [-0.39, 0.29) is 5.57 Å². The molecular weight excluding hydrogens is 292 g/mol.